The third-order valence-electron chi connectivity index (χ3n) is 2.24. The van der Waals surface area contributed by atoms with Gasteiger partial charge in [0.15, 0.2) is 0 Å². The first-order valence-corrected chi connectivity index (χ1v) is 5.74. The molecule has 5 heteroatoms. The van der Waals surface area contributed by atoms with Gasteiger partial charge in [0, 0.05) is 19.7 Å². The van der Waals surface area contributed by atoms with Crippen molar-refractivity contribution in [2.75, 3.05) is 19.7 Å². The van der Waals surface area contributed by atoms with Gasteiger partial charge < -0.3 is 20.1 Å². The van der Waals surface area contributed by atoms with Gasteiger partial charge in [-0.15, -0.1) is 0 Å². The van der Waals surface area contributed by atoms with Crippen LogP contribution in [0.15, 0.2) is 0 Å². The van der Waals surface area contributed by atoms with E-state index in [0.717, 1.165) is 13.1 Å². The van der Waals surface area contributed by atoms with Crippen LogP contribution in [-0.2, 0) is 9.47 Å². The van der Waals surface area contributed by atoms with Crippen molar-refractivity contribution in [1.29, 1.82) is 0 Å². The van der Waals surface area contributed by atoms with E-state index in [1.165, 1.54) is 0 Å². The third-order valence-corrected chi connectivity index (χ3v) is 2.24. The topological polar surface area (TPSA) is 59.6 Å². The molecule has 0 radical (unpaired) electrons. The number of carbonyl (C=O) groups is 1. The maximum absolute atomic E-state index is 11.5. The normalized spacial score (nSPS) is 25.5. The third kappa shape index (κ3) is 4.37. The molecule has 1 saturated heterocycles. The predicted molar refractivity (Wildman–Crippen MR) is 61.4 cm³/mol. The molecule has 2 atom stereocenters. The zero-order chi connectivity index (χ0) is 12.2. The molecule has 1 aliphatic rings. The van der Waals surface area contributed by atoms with Crippen LogP contribution in [0.25, 0.3) is 0 Å². The number of alkyl carbamates (subject to hydrolysis) is 1. The molecule has 0 aliphatic carbocycles. The molecular formula is C11H22N2O3. The van der Waals surface area contributed by atoms with Gasteiger partial charge in [-0.1, -0.05) is 0 Å². The zero-order valence-electron chi connectivity index (χ0n) is 10.5. The molecule has 1 rings (SSSR count). The van der Waals surface area contributed by atoms with E-state index in [-0.39, 0.29) is 18.2 Å². The molecule has 0 saturated carbocycles. The highest BCUT2D eigenvalue weighted by Crippen LogP contribution is 2.09. The smallest absolute Gasteiger partial charge is 0.408 e. The van der Waals surface area contributed by atoms with Gasteiger partial charge in [0.05, 0.1) is 12.1 Å². The highest BCUT2D eigenvalue weighted by molar-refractivity contribution is 5.68. The number of nitrogens with one attached hydrogen (secondary N) is 2. The molecule has 0 bridgehead atoms. The van der Waals surface area contributed by atoms with Crippen molar-refractivity contribution in [2.45, 2.75) is 45.4 Å². The SMILES string of the molecule is CCO[C@@H]1CNC[C@H]1NC(=O)OC(C)(C)C. The summed E-state index contributed by atoms with van der Waals surface area (Å²) in [6.45, 7) is 9.64. The summed E-state index contributed by atoms with van der Waals surface area (Å²) in [5.74, 6) is 0. The van der Waals surface area contributed by atoms with E-state index in [9.17, 15) is 4.79 Å². The molecule has 0 unspecified atom stereocenters. The van der Waals surface area contributed by atoms with Crippen LogP contribution in [-0.4, -0.2) is 43.5 Å². The van der Waals surface area contributed by atoms with E-state index in [4.69, 9.17) is 9.47 Å². The van der Waals surface area contributed by atoms with Gasteiger partial charge in [-0.25, -0.2) is 4.79 Å². The maximum Gasteiger partial charge on any atom is 0.408 e. The summed E-state index contributed by atoms with van der Waals surface area (Å²) in [5.41, 5.74) is -0.461. The molecule has 0 spiro atoms. The Kier molecular flexibility index (Phi) is 4.56. The molecule has 0 aromatic rings. The minimum absolute atomic E-state index is 0.00481. The average molecular weight is 230 g/mol. The Labute approximate surface area is 96.9 Å². The fourth-order valence-corrected chi connectivity index (χ4v) is 1.65. The van der Waals surface area contributed by atoms with Crippen molar-refractivity contribution in [2.24, 2.45) is 0 Å². The molecule has 2 N–H and O–H groups in total. The molecular weight excluding hydrogens is 208 g/mol. The van der Waals surface area contributed by atoms with Crippen LogP contribution >= 0.6 is 0 Å². The van der Waals surface area contributed by atoms with Crippen molar-refractivity contribution in [1.82, 2.24) is 10.6 Å². The second-order valence-corrected chi connectivity index (χ2v) is 4.90. The Hall–Kier alpha value is -0.810. The van der Waals surface area contributed by atoms with Crippen LogP contribution in [0.5, 0.6) is 0 Å². The standard InChI is InChI=1S/C11H22N2O3/c1-5-15-9-7-12-6-8(9)13-10(14)16-11(2,3)4/h8-9,12H,5-7H2,1-4H3,(H,13,14)/t8-,9-/m1/s1. The van der Waals surface area contributed by atoms with Crippen LogP contribution in [0.1, 0.15) is 27.7 Å². The second-order valence-electron chi connectivity index (χ2n) is 4.90. The lowest BCUT2D eigenvalue weighted by atomic mass is 10.2. The lowest BCUT2D eigenvalue weighted by molar-refractivity contribution is 0.0332. The molecule has 1 amide bonds. The summed E-state index contributed by atoms with van der Waals surface area (Å²) in [6, 6.07) is -0.00481. The molecule has 1 aliphatic heterocycles. The largest absolute Gasteiger partial charge is 0.444 e. The Balaban J connectivity index is 2.38. The van der Waals surface area contributed by atoms with E-state index < -0.39 is 5.60 Å². The number of rotatable bonds is 3. The van der Waals surface area contributed by atoms with Crippen molar-refractivity contribution in [3.63, 3.8) is 0 Å². The Bertz CT molecular complexity index is 238. The quantitative estimate of drug-likeness (QED) is 0.756. The lowest BCUT2D eigenvalue weighted by Gasteiger charge is -2.24. The summed E-state index contributed by atoms with van der Waals surface area (Å²) < 4.78 is 10.7. The van der Waals surface area contributed by atoms with Gasteiger partial charge in [0.25, 0.3) is 0 Å². The fraction of sp³-hybridized carbons (Fsp3) is 0.909. The first-order chi connectivity index (χ1) is 7.42. The molecule has 1 fully saturated rings. The molecule has 0 aromatic heterocycles. The molecule has 0 aromatic carbocycles. The number of ether oxygens (including phenoxy) is 2. The summed E-state index contributed by atoms with van der Waals surface area (Å²) in [4.78, 5) is 11.5. The van der Waals surface area contributed by atoms with Gasteiger partial charge >= 0.3 is 6.09 Å². The van der Waals surface area contributed by atoms with E-state index in [0.29, 0.717) is 6.61 Å². The molecule has 94 valence electrons. The maximum atomic E-state index is 11.5. The number of carbonyl (C=O) groups excluding carboxylic acids is 1. The second kappa shape index (κ2) is 5.50. The first-order valence-electron chi connectivity index (χ1n) is 5.74. The summed E-state index contributed by atoms with van der Waals surface area (Å²) >= 11 is 0. The van der Waals surface area contributed by atoms with Crippen molar-refractivity contribution < 1.29 is 14.3 Å². The highest BCUT2D eigenvalue weighted by Gasteiger charge is 2.30. The summed E-state index contributed by atoms with van der Waals surface area (Å²) in [6.07, 6.45) is -0.344. The van der Waals surface area contributed by atoms with Crippen LogP contribution in [0, 0.1) is 0 Å². The number of hydrogen-bond acceptors (Lipinski definition) is 4. The Morgan fingerprint density at radius 2 is 2.12 bits per heavy atom. The van der Waals surface area contributed by atoms with Crippen molar-refractivity contribution in [3.05, 3.63) is 0 Å². The predicted octanol–water partition coefficient (Wildman–Crippen LogP) is 0.888. The Morgan fingerprint density at radius 3 is 2.69 bits per heavy atom. The fourth-order valence-electron chi connectivity index (χ4n) is 1.65. The van der Waals surface area contributed by atoms with Crippen LogP contribution in [0.4, 0.5) is 4.79 Å². The van der Waals surface area contributed by atoms with Gasteiger partial charge in [0.2, 0.25) is 0 Å². The summed E-state index contributed by atoms with van der Waals surface area (Å²) in [7, 11) is 0. The highest BCUT2D eigenvalue weighted by atomic mass is 16.6. The van der Waals surface area contributed by atoms with E-state index >= 15 is 0 Å². The average Bonchev–Trinajstić information content (AvgIpc) is 2.50. The van der Waals surface area contributed by atoms with E-state index in [2.05, 4.69) is 10.6 Å². The lowest BCUT2D eigenvalue weighted by Crippen LogP contribution is -2.45. The molecule has 16 heavy (non-hydrogen) atoms. The minimum atomic E-state index is -0.461. The number of hydrogen-bond donors (Lipinski definition) is 2. The van der Waals surface area contributed by atoms with E-state index in [1.54, 1.807) is 0 Å². The van der Waals surface area contributed by atoms with Crippen LogP contribution in [0.3, 0.4) is 0 Å². The van der Waals surface area contributed by atoms with E-state index in [1.807, 2.05) is 27.7 Å². The van der Waals surface area contributed by atoms with Crippen molar-refractivity contribution in [3.8, 4) is 0 Å². The first kappa shape index (κ1) is 13.3. The van der Waals surface area contributed by atoms with Gasteiger partial charge in [0.1, 0.15) is 5.60 Å². The van der Waals surface area contributed by atoms with Gasteiger partial charge in [-0.3, -0.25) is 0 Å². The molecule has 5 nitrogen and oxygen atoms in total. The van der Waals surface area contributed by atoms with Gasteiger partial charge in [-0.05, 0) is 27.7 Å². The molecule has 1 heterocycles. The Morgan fingerprint density at radius 1 is 1.44 bits per heavy atom. The van der Waals surface area contributed by atoms with Crippen LogP contribution < -0.4 is 10.6 Å². The zero-order valence-corrected chi connectivity index (χ0v) is 10.5. The van der Waals surface area contributed by atoms with Gasteiger partial charge in [-0.2, -0.15) is 0 Å². The monoisotopic (exact) mass is 230 g/mol. The summed E-state index contributed by atoms with van der Waals surface area (Å²) in [5, 5.41) is 6.00. The number of amides is 1. The van der Waals surface area contributed by atoms with Crippen molar-refractivity contribution >= 4 is 6.09 Å². The van der Waals surface area contributed by atoms with Crippen LogP contribution in [0.2, 0.25) is 0 Å². The minimum Gasteiger partial charge on any atom is -0.444 e.